The van der Waals surface area contributed by atoms with Gasteiger partial charge in [-0.15, -0.1) is 0 Å². The molecule has 23 heteroatoms. The van der Waals surface area contributed by atoms with Gasteiger partial charge >= 0.3 is 94.7 Å². The van der Waals surface area contributed by atoms with Gasteiger partial charge in [0.05, 0.1) is 50.2 Å². The van der Waals surface area contributed by atoms with Crippen LogP contribution in [-0.2, 0) is 30.4 Å². The van der Waals surface area contributed by atoms with Crippen LogP contribution >= 0.6 is 0 Å². The van der Waals surface area contributed by atoms with E-state index in [9.17, 15) is 43.7 Å². The van der Waals surface area contributed by atoms with Crippen molar-refractivity contribution in [2.45, 2.75) is 21.6 Å². The van der Waals surface area contributed by atoms with Gasteiger partial charge in [-0.25, -0.2) is 21.6 Å². The van der Waals surface area contributed by atoms with Crippen molar-refractivity contribution in [3.05, 3.63) is 96.6 Å². The molecule has 0 aromatic heterocycles. The van der Waals surface area contributed by atoms with Crippen LogP contribution in [0.4, 0.5) is 38.9 Å². The second-order valence-electron chi connectivity index (χ2n) is 10.5. The molecule has 0 atom stereocenters. The van der Waals surface area contributed by atoms with Gasteiger partial charge in [0.1, 0.15) is 26.0 Å². The van der Waals surface area contributed by atoms with Gasteiger partial charge < -0.3 is 24.5 Å². The molecule has 0 saturated heterocycles. The van der Waals surface area contributed by atoms with E-state index in [0.717, 1.165) is 30.3 Å². The molecule has 2 amide bonds. The molecular weight excluding hydrogens is 798 g/mol. The standard InChI is InChI=1S/C31H26N6O11S3.3Na/c1-18-13-19(9-11-26(18)37-36-22-15-25-24(30(17-22)51(45,46)47)7-4-8-29(25)50(42,43)44)32-31(38)33-27-12-10-21(16-28(27)48-2)35-34-20-5-3-6-23(14-20)49(39,40)41;;;/h3-17H,1-2H3,(H2,32,33,38)(H,39,40,41)(H,42,43,44)(H,45,46,47);;;/q;3*+1/p-2. The third-order valence-electron chi connectivity index (χ3n) is 7.00. The summed E-state index contributed by atoms with van der Waals surface area (Å²) in [4.78, 5) is 11.0. The Labute approximate surface area is 376 Å². The van der Waals surface area contributed by atoms with Crippen LogP contribution in [0.5, 0.6) is 5.75 Å². The predicted octanol–water partition coefficient (Wildman–Crippen LogP) is -2.30. The molecule has 0 bridgehead atoms. The minimum atomic E-state index is -5.11. The summed E-state index contributed by atoms with van der Waals surface area (Å²) in [5.74, 6) is 0.224. The van der Waals surface area contributed by atoms with Crippen LogP contribution in [0.25, 0.3) is 10.8 Å². The number of methoxy groups -OCH3 is 1. The molecule has 264 valence electrons. The summed E-state index contributed by atoms with van der Waals surface area (Å²) in [6.07, 6.45) is 0. The molecule has 5 aromatic rings. The van der Waals surface area contributed by atoms with E-state index >= 15 is 0 Å². The summed E-state index contributed by atoms with van der Waals surface area (Å²) in [5, 5.41) is 20.8. The fraction of sp³-hybridized carbons (Fsp3) is 0.0645. The first-order valence-electron chi connectivity index (χ1n) is 14.2. The number of hydrogen-bond donors (Lipinski definition) is 3. The van der Waals surface area contributed by atoms with Gasteiger partial charge in [-0.05, 0) is 79.2 Å². The van der Waals surface area contributed by atoms with Crippen LogP contribution < -0.4 is 104 Å². The summed E-state index contributed by atoms with van der Waals surface area (Å²) in [6, 6.07) is 19.0. The first-order chi connectivity index (χ1) is 23.9. The molecule has 0 aliphatic carbocycles. The maximum absolute atomic E-state index is 12.8. The van der Waals surface area contributed by atoms with Crippen molar-refractivity contribution >= 4 is 81.3 Å². The van der Waals surface area contributed by atoms with E-state index < -0.39 is 46.2 Å². The number of hydrogen-bond acceptors (Lipinski definition) is 14. The van der Waals surface area contributed by atoms with Gasteiger partial charge in [-0.1, -0.05) is 18.2 Å². The molecule has 0 aliphatic heterocycles. The van der Waals surface area contributed by atoms with E-state index in [4.69, 9.17) is 4.74 Å². The van der Waals surface area contributed by atoms with Gasteiger partial charge in [0.15, 0.2) is 0 Å². The van der Waals surface area contributed by atoms with Gasteiger partial charge in [0, 0.05) is 22.5 Å². The summed E-state index contributed by atoms with van der Waals surface area (Å²) < 4.78 is 109. The smallest absolute Gasteiger partial charge is 0.744 e. The van der Waals surface area contributed by atoms with Crippen LogP contribution in [0.3, 0.4) is 0 Å². The summed E-state index contributed by atoms with van der Waals surface area (Å²) in [6.45, 7) is 1.64. The van der Waals surface area contributed by atoms with Crippen molar-refractivity contribution in [1.82, 2.24) is 0 Å². The molecule has 5 aromatic carbocycles. The molecule has 3 N–H and O–H groups in total. The van der Waals surface area contributed by atoms with Crippen molar-refractivity contribution in [3.8, 4) is 5.75 Å². The number of nitrogens with zero attached hydrogens (tertiary/aromatic N) is 4. The maximum Gasteiger partial charge on any atom is 1.00 e. The van der Waals surface area contributed by atoms with Gasteiger partial charge in [0.2, 0.25) is 0 Å². The average molecular weight is 822 g/mol. The number of ether oxygens (including phenoxy) is 1. The molecule has 0 radical (unpaired) electrons. The van der Waals surface area contributed by atoms with E-state index in [-0.39, 0.29) is 133 Å². The van der Waals surface area contributed by atoms with Crippen molar-refractivity contribution < 1.29 is 137 Å². The fourth-order valence-electron chi connectivity index (χ4n) is 4.70. The minimum absolute atomic E-state index is 0. The number of nitrogens with one attached hydrogen (secondary N) is 2. The molecule has 5 rings (SSSR count). The summed E-state index contributed by atoms with van der Waals surface area (Å²) in [7, 11) is -13.2. The van der Waals surface area contributed by atoms with Crippen LogP contribution in [0, 0.1) is 6.92 Å². The number of aryl methyl sites for hydroxylation is 1. The van der Waals surface area contributed by atoms with Gasteiger partial charge in [-0.2, -0.15) is 28.9 Å². The van der Waals surface area contributed by atoms with Crippen LogP contribution in [0.2, 0.25) is 0 Å². The van der Waals surface area contributed by atoms with Crippen LogP contribution in [-0.4, -0.2) is 52.1 Å². The normalized spacial score (nSPS) is 11.7. The second kappa shape index (κ2) is 19.5. The molecule has 0 spiro atoms. The molecule has 0 unspecified atom stereocenters. The Morgan fingerprint density at radius 3 is 1.91 bits per heavy atom. The van der Waals surface area contributed by atoms with Crippen molar-refractivity contribution in [1.29, 1.82) is 0 Å². The Kier molecular flexibility index (Phi) is 17.1. The number of azo groups is 2. The van der Waals surface area contributed by atoms with Crippen LogP contribution in [0.1, 0.15) is 5.56 Å². The number of carbonyl (C=O) groups excluding carboxylic acids is 1. The quantitative estimate of drug-likeness (QED) is 0.0766. The monoisotopic (exact) mass is 821 g/mol. The number of anilines is 2. The number of benzene rings is 5. The maximum atomic E-state index is 12.8. The van der Waals surface area contributed by atoms with Crippen molar-refractivity contribution in [2.75, 3.05) is 17.7 Å². The Bertz CT molecular complexity index is 2610. The molecule has 0 aliphatic rings. The Morgan fingerprint density at radius 2 is 1.30 bits per heavy atom. The molecule has 0 heterocycles. The summed E-state index contributed by atoms with van der Waals surface area (Å²) in [5.41, 5.74) is 1.66. The molecule has 54 heavy (non-hydrogen) atoms. The number of urea groups is 1. The fourth-order valence-corrected chi connectivity index (χ4v) is 6.62. The molecule has 17 nitrogen and oxygen atoms in total. The van der Waals surface area contributed by atoms with E-state index in [1.54, 1.807) is 13.0 Å². The van der Waals surface area contributed by atoms with Gasteiger partial charge in [-0.3, -0.25) is 4.55 Å². The van der Waals surface area contributed by atoms with E-state index in [0.29, 0.717) is 16.9 Å². The van der Waals surface area contributed by atoms with Crippen LogP contribution in [0.15, 0.2) is 126 Å². The predicted molar refractivity (Wildman–Crippen MR) is 181 cm³/mol. The second-order valence-corrected chi connectivity index (χ2v) is 14.7. The number of rotatable bonds is 10. The molecular formula is C31H24N6Na3O11S3+. The summed E-state index contributed by atoms with van der Waals surface area (Å²) >= 11 is 0. The van der Waals surface area contributed by atoms with Gasteiger partial charge in [0.25, 0.3) is 10.1 Å². The van der Waals surface area contributed by atoms with E-state index in [1.807, 2.05) is 0 Å². The SMILES string of the molecule is COc1cc(N=Nc2cccc(S(=O)(=O)O)c2)ccc1NC(=O)Nc1ccc(N=Nc2cc(S(=O)(=O)[O-])c3cccc(S(=O)(=O)[O-])c3c2)c(C)c1.[Na+].[Na+].[Na+]. The van der Waals surface area contributed by atoms with E-state index in [2.05, 4.69) is 31.1 Å². The number of fused-ring (bicyclic) bond motifs is 1. The third kappa shape index (κ3) is 12.2. The first-order valence-corrected chi connectivity index (χ1v) is 18.4. The topological polar surface area (TPSA) is 269 Å². The number of amides is 2. The number of carbonyl (C=O) groups is 1. The average Bonchev–Trinajstić information content (AvgIpc) is 3.05. The third-order valence-corrected chi connectivity index (χ3v) is 9.62. The Hall–Kier alpha value is -2.64. The molecule has 0 fully saturated rings. The zero-order chi connectivity index (χ0) is 37.1. The first kappa shape index (κ1) is 47.5. The zero-order valence-corrected chi connectivity index (χ0v) is 37.7. The van der Waals surface area contributed by atoms with E-state index in [1.165, 1.54) is 61.7 Å². The zero-order valence-electron chi connectivity index (χ0n) is 29.2. The Balaban J connectivity index is 0.00000336. The van der Waals surface area contributed by atoms with Crippen molar-refractivity contribution in [3.63, 3.8) is 0 Å². The minimum Gasteiger partial charge on any atom is -0.744 e. The largest absolute Gasteiger partial charge is 1.00 e. The Morgan fingerprint density at radius 1 is 0.667 bits per heavy atom. The molecule has 0 saturated carbocycles. The van der Waals surface area contributed by atoms with Crippen molar-refractivity contribution in [2.24, 2.45) is 20.5 Å².